The molecule has 1 aliphatic carbocycles. The first-order valence-corrected chi connectivity index (χ1v) is 4.81. The molecule has 0 bridgehead atoms. The number of rotatable bonds is 4. The summed E-state index contributed by atoms with van der Waals surface area (Å²) < 4.78 is 24.0. The maximum atomic E-state index is 12.0. The monoisotopic (exact) mass is 192 g/mol. The van der Waals surface area contributed by atoms with Gasteiger partial charge >= 0.3 is 0 Å². The highest BCUT2D eigenvalue weighted by molar-refractivity contribution is 4.96. The molecule has 3 N–H and O–H groups in total. The first-order chi connectivity index (χ1) is 6.08. The highest BCUT2D eigenvalue weighted by atomic mass is 19.3. The van der Waals surface area contributed by atoms with Crippen LogP contribution in [0, 0.1) is 5.92 Å². The normalized spacial score (nSPS) is 34.4. The van der Waals surface area contributed by atoms with Crippen molar-refractivity contribution >= 4 is 0 Å². The third-order valence-electron chi connectivity index (χ3n) is 2.88. The molecule has 0 heterocycles. The molecule has 1 saturated carbocycles. The van der Waals surface area contributed by atoms with E-state index in [1.807, 2.05) is 0 Å². The molecule has 1 fully saturated rings. The summed E-state index contributed by atoms with van der Waals surface area (Å²) in [7, 11) is 0. The van der Waals surface area contributed by atoms with E-state index in [0.29, 0.717) is 12.5 Å². The van der Waals surface area contributed by atoms with Crippen molar-refractivity contribution in [3.05, 3.63) is 0 Å². The fraction of sp³-hybridized carbons (Fsp3) is 1.00. The van der Waals surface area contributed by atoms with Crippen molar-refractivity contribution in [1.82, 2.24) is 5.32 Å². The van der Waals surface area contributed by atoms with Crippen LogP contribution in [0.1, 0.15) is 26.2 Å². The highest BCUT2D eigenvalue weighted by Gasteiger charge is 2.36. The van der Waals surface area contributed by atoms with Crippen molar-refractivity contribution in [2.45, 2.75) is 38.2 Å². The predicted octanol–water partition coefficient (Wildman–Crippen LogP) is 1.36. The van der Waals surface area contributed by atoms with Gasteiger partial charge in [0.25, 0.3) is 6.43 Å². The number of nitrogens with two attached hydrogens (primary N) is 1. The van der Waals surface area contributed by atoms with Gasteiger partial charge < -0.3 is 11.1 Å². The van der Waals surface area contributed by atoms with Gasteiger partial charge in [-0.15, -0.1) is 0 Å². The highest BCUT2D eigenvalue weighted by Crippen LogP contribution is 2.33. The van der Waals surface area contributed by atoms with Gasteiger partial charge in [-0.25, -0.2) is 8.78 Å². The SMILES string of the molecule is CC1CCC(CN)(NCC(F)F)C1. The zero-order valence-corrected chi connectivity index (χ0v) is 8.02. The van der Waals surface area contributed by atoms with Crippen molar-refractivity contribution < 1.29 is 8.78 Å². The van der Waals surface area contributed by atoms with Crippen molar-refractivity contribution in [3.63, 3.8) is 0 Å². The summed E-state index contributed by atoms with van der Waals surface area (Å²) in [5.74, 6) is 0.605. The van der Waals surface area contributed by atoms with E-state index in [0.717, 1.165) is 19.3 Å². The minimum absolute atomic E-state index is 0.212. The van der Waals surface area contributed by atoms with Gasteiger partial charge in [0.15, 0.2) is 0 Å². The van der Waals surface area contributed by atoms with Crippen molar-refractivity contribution in [3.8, 4) is 0 Å². The Morgan fingerprint density at radius 3 is 2.69 bits per heavy atom. The van der Waals surface area contributed by atoms with Crippen LogP contribution in [-0.4, -0.2) is 25.1 Å². The maximum absolute atomic E-state index is 12.0. The van der Waals surface area contributed by atoms with Gasteiger partial charge in [0.2, 0.25) is 0 Å². The van der Waals surface area contributed by atoms with Gasteiger partial charge in [0.1, 0.15) is 0 Å². The minimum atomic E-state index is -2.28. The molecule has 0 saturated heterocycles. The maximum Gasteiger partial charge on any atom is 0.250 e. The summed E-state index contributed by atoms with van der Waals surface area (Å²) in [4.78, 5) is 0. The molecule has 0 aromatic rings. The summed E-state index contributed by atoms with van der Waals surface area (Å²) in [6.07, 6.45) is 0.667. The van der Waals surface area contributed by atoms with E-state index in [9.17, 15) is 8.78 Å². The van der Waals surface area contributed by atoms with Crippen LogP contribution in [0.4, 0.5) is 8.78 Å². The van der Waals surface area contributed by atoms with Crippen LogP contribution in [0.25, 0.3) is 0 Å². The van der Waals surface area contributed by atoms with Crippen LogP contribution in [0.2, 0.25) is 0 Å². The molecule has 2 atom stereocenters. The molecule has 0 aromatic carbocycles. The number of nitrogens with one attached hydrogen (secondary N) is 1. The number of halogens is 2. The molecule has 0 spiro atoms. The lowest BCUT2D eigenvalue weighted by Crippen LogP contribution is -2.50. The van der Waals surface area contributed by atoms with Crippen LogP contribution in [-0.2, 0) is 0 Å². The summed E-state index contributed by atoms with van der Waals surface area (Å²) in [5.41, 5.74) is 5.40. The van der Waals surface area contributed by atoms with Crippen molar-refractivity contribution in [2.24, 2.45) is 11.7 Å². The van der Waals surface area contributed by atoms with E-state index in [1.54, 1.807) is 0 Å². The van der Waals surface area contributed by atoms with Crippen molar-refractivity contribution in [1.29, 1.82) is 0 Å². The second-order valence-electron chi connectivity index (χ2n) is 4.10. The number of hydrogen-bond donors (Lipinski definition) is 2. The molecular weight excluding hydrogens is 174 g/mol. The van der Waals surface area contributed by atoms with Crippen LogP contribution >= 0.6 is 0 Å². The number of hydrogen-bond acceptors (Lipinski definition) is 2. The van der Waals surface area contributed by atoms with E-state index in [-0.39, 0.29) is 12.1 Å². The van der Waals surface area contributed by atoms with E-state index in [4.69, 9.17) is 5.73 Å². The largest absolute Gasteiger partial charge is 0.329 e. The lowest BCUT2D eigenvalue weighted by Gasteiger charge is -2.29. The summed E-state index contributed by atoms with van der Waals surface area (Å²) in [6, 6.07) is 0. The minimum Gasteiger partial charge on any atom is -0.329 e. The molecule has 2 unspecified atom stereocenters. The van der Waals surface area contributed by atoms with Gasteiger partial charge in [-0.05, 0) is 25.2 Å². The van der Waals surface area contributed by atoms with E-state index < -0.39 is 6.43 Å². The molecule has 78 valence electrons. The summed E-state index contributed by atoms with van der Waals surface area (Å²) in [6.45, 7) is 2.37. The molecule has 1 rings (SSSR count). The fourth-order valence-corrected chi connectivity index (χ4v) is 2.11. The Kier molecular flexibility index (Phi) is 3.62. The lowest BCUT2D eigenvalue weighted by molar-refractivity contribution is 0.129. The topological polar surface area (TPSA) is 38.0 Å². The Balaban J connectivity index is 2.41. The average molecular weight is 192 g/mol. The van der Waals surface area contributed by atoms with Gasteiger partial charge in [-0.1, -0.05) is 6.92 Å². The molecule has 4 heteroatoms. The fourth-order valence-electron chi connectivity index (χ4n) is 2.11. The zero-order chi connectivity index (χ0) is 9.90. The third kappa shape index (κ3) is 2.88. The van der Waals surface area contributed by atoms with E-state index in [1.165, 1.54) is 0 Å². The Morgan fingerprint density at radius 1 is 1.62 bits per heavy atom. The molecule has 0 amide bonds. The van der Waals surface area contributed by atoms with Crippen LogP contribution < -0.4 is 11.1 Å². The number of alkyl halides is 2. The van der Waals surface area contributed by atoms with E-state index in [2.05, 4.69) is 12.2 Å². The lowest BCUT2D eigenvalue weighted by atomic mass is 9.96. The molecule has 1 aliphatic rings. The standard InChI is InChI=1S/C9H18F2N2/c1-7-2-3-9(4-7,6-12)13-5-8(10)11/h7-8,13H,2-6,12H2,1H3. The Morgan fingerprint density at radius 2 is 2.31 bits per heavy atom. The quantitative estimate of drug-likeness (QED) is 0.705. The molecule has 2 nitrogen and oxygen atoms in total. The second-order valence-corrected chi connectivity index (χ2v) is 4.10. The summed E-state index contributed by atoms with van der Waals surface area (Å²) in [5, 5.41) is 2.90. The average Bonchev–Trinajstić information content (AvgIpc) is 2.45. The second kappa shape index (κ2) is 4.33. The molecule has 0 aromatic heterocycles. The van der Waals surface area contributed by atoms with Crippen LogP contribution in [0.15, 0.2) is 0 Å². The van der Waals surface area contributed by atoms with Crippen LogP contribution in [0.5, 0.6) is 0 Å². The third-order valence-corrected chi connectivity index (χ3v) is 2.88. The Hall–Kier alpha value is -0.220. The van der Waals surface area contributed by atoms with Gasteiger partial charge in [0.05, 0.1) is 6.54 Å². The molecular formula is C9H18F2N2. The van der Waals surface area contributed by atoms with Gasteiger partial charge in [-0.3, -0.25) is 0 Å². The molecule has 13 heavy (non-hydrogen) atoms. The van der Waals surface area contributed by atoms with Crippen LogP contribution in [0.3, 0.4) is 0 Å². The first-order valence-electron chi connectivity index (χ1n) is 4.81. The Labute approximate surface area is 77.9 Å². The van der Waals surface area contributed by atoms with Gasteiger partial charge in [0, 0.05) is 12.1 Å². The molecule has 0 aliphatic heterocycles. The van der Waals surface area contributed by atoms with E-state index >= 15 is 0 Å². The van der Waals surface area contributed by atoms with Gasteiger partial charge in [-0.2, -0.15) is 0 Å². The molecule has 0 radical (unpaired) electrons. The Bertz CT molecular complexity index is 164. The predicted molar refractivity (Wildman–Crippen MR) is 48.8 cm³/mol. The zero-order valence-electron chi connectivity index (χ0n) is 8.02. The smallest absolute Gasteiger partial charge is 0.250 e. The first kappa shape index (κ1) is 10.9. The summed E-state index contributed by atoms with van der Waals surface area (Å²) >= 11 is 0. The van der Waals surface area contributed by atoms with Crippen molar-refractivity contribution in [2.75, 3.05) is 13.1 Å².